The second-order valence-corrected chi connectivity index (χ2v) is 9.58. The van der Waals surface area contributed by atoms with Crippen molar-refractivity contribution >= 4 is 28.8 Å². The van der Waals surface area contributed by atoms with Crippen LogP contribution in [-0.4, -0.2) is 91.8 Å². The normalized spacial score (nSPS) is 21.7. The molecule has 4 N–H and O–H groups in total. The summed E-state index contributed by atoms with van der Waals surface area (Å²) in [5.41, 5.74) is 4.68. The summed E-state index contributed by atoms with van der Waals surface area (Å²) in [4.78, 5) is 43.8. The largest absolute Gasteiger partial charge is 0.492 e. The molecule has 1 aromatic carbocycles. The van der Waals surface area contributed by atoms with Gasteiger partial charge in [-0.3, -0.25) is 14.4 Å². The van der Waals surface area contributed by atoms with Crippen LogP contribution in [0.3, 0.4) is 0 Å². The lowest BCUT2D eigenvalue weighted by Gasteiger charge is -2.26. The Balaban J connectivity index is 1.22. The zero-order valence-electron chi connectivity index (χ0n) is 20.2. The number of benzene rings is 1. The third-order valence-corrected chi connectivity index (χ3v) is 6.98. The number of carbonyl (C=O) groups excluding carboxylic acids is 3. The highest BCUT2D eigenvalue weighted by Crippen LogP contribution is 2.28. The van der Waals surface area contributed by atoms with Crippen LogP contribution in [0.1, 0.15) is 33.7 Å². The van der Waals surface area contributed by atoms with E-state index in [1.165, 1.54) is 11.0 Å². The van der Waals surface area contributed by atoms with E-state index >= 15 is 0 Å². The number of hydrogen-bond donors (Lipinski definition) is 3. The molecule has 2 aliphatic rings. The molecule has 11 nitrogen and oxygen atoms in total. The third-order valence-electron chi connectivity index (χ3n) is 6.98. The van der Waals surface area contributed by atoms with Crippen LogP contribution < -0.4 is 10.5 Å². The summed E-state index contributed by atoms with van der Waals surface area (Å²) in [6.45, 7) is 1.52. The van der Waals surface area contributed by atoms with Gasteiger partial charge in [0.05, 0.1) is 19.6 Å². The number of fused-ring (bicyclic) bond motifs is 1. The molecule has 11 heteroatoms. The second-order valence-electron chi connectivity index (χ2n) is 9.58. The molecule has 0 radical (unpaired) electrons. The van der Waals surface area contributed by atoms with E-state index in [1.807, 2.05) is 0 Å². The molecular weight excluding hydrogens is 478 g/mol. The van der Waals surface area contributed by atoms with E-state index in [4.69, 9.17) is 10.5 Å². The molecule has 2 aromatic heterocycles. The van der Waals surface area contributed by atoms with Crippen molar-refractivity contribution in [2.24, 2.45) is 5.73 Å². The number of amides is 3. The van der Waals surface area contributed by atoms with Crippen LogP contribution in [-0.2, 0) is 11.3 Å². The van der Waals surface area contributed by atoms with E-state index in [0.717, 1.165) is 18.4 Å². The minimum absolute atomic E-state index is 0.0248. The number of hydrogen-bond acceptors (Lipinski definition) is 7. The number of nitrogens with two attached hydrogens (primary N) is 1. The molecule has 3 aromatic rings. The number of pyridine rings is 1. The standard InChI is InChI=1S/C26H29N5O6/c27-23(34)20-8-5-17-9-11-30(24(17)28-20)15-26(36)16-31(14-21(26)32)25(35)18-3-6-19(7-4-18)37-13-12-29-10-1-2-22(29)33/h3-9,11,21,32,36H,1-2,10,12-16H2,(H2,27,34)/t21-,26+/m0/s1. The molecule has 2 fully saturated rings. The zero-order chi connectivity index (χ0) is 26.2. The number of rotatable bonds is 8. The van der Waals surface area contributed by atoms with Gasteiger partial charge in [0.25, 0.3) is 11.8 Å². The van der Waals surface area contributed by atoms with Crippen molar-refractivity contribution in [3.8, 4) is 5.75 Å². The first-order chi connectivity index (χ1) is 17.7. The second kappa shape index (κ2) is 9.83. The van der Waals surface area contributed by atoms with Crippen LogP contribution >= 0.6 is 0 Å². The number of β-amino-alcohol motifs (C(OH)–C–C–N with tert-alkyl or cyclic N) is 2. The van der Waals surface area contributed by atoms with Gasteiger partial charge in [0.2, 0.25) is 5.91 Å². The summed E-state index contributed by atoms with van der Waals surface area (Å²) in [6, 6.07) is 11.7. The summed E-state index contributed by atoms with van der Waals surface area (Å²) in [5.74, 6) is -0.253. The Labute approximate surface area is 213 Å². The summed E-state index contributed by atoms with van der Waals surface area (Å²) in [5, 5.41) is 22.7. The fraction of sp³-hybridized carbons (Fsp3) is 0.385. The third kappa shape index (κ3) is 5.00. The number of aromatic nitrogens is 2. The molecule has 0 saturated carbocycles. The van der Waals surface area contributed by atoms with Crippen molar-refractivity contribution in [2.75, 3.05) is 32.8 Å². The molecule has 5 rings (SSSR count). The Bertz CT molecular complexity index is 1340. The minimum Gasteiger partial charge on any atom is -0.492 e. The van der Waals surface area contributed by atoms with Gasteiger partial charge in [-0.1, -0.05) is 0 Å². The van der Waals surface area contributed by atoms with Crippen LogP contribution in [0.4, 0.5) is 0 Å². The number of nitrogens with zero attached hydrogens (tertiary/aromatic N) is 4. The molecule has 2 atom stereocenters. The predicted octanol–water partition coefficient (Wildman–Crippen LogP) is 0.384. The van der Waals surface area contributed by atoms with E-state index in [2.05, 4.69) is 4.98 Å². The van der Waals surface area contributed by atoms with Gasteiger partial charge in [0.1, 0.15) is 35.4 Å². The summed E-state index contributed by atoms with van der Waals surface area (Å²) < 4.78 is 7.35. The quantitative estimate of drug-likeness (QED) is 0.399. The highest BCUT2D eigenvalue weighted by molar-refractivity contribution is 5.95. The average Bonchev–Trinajstić information content (AvgIpc) is 3.56. The van der Waals surface area contributed by atoms with Crippen molar-refractivity contribution in [2.45, 2.75) is 31.1 Å². The molecule has 0 unspecified atom stereocenters. The number of ether oxygens (including phenoxy) is 1. The van der Waals surface area contributed by atoms with Gasteiger partial charge in [-0.25, -0.2) is 4.98 Å². The molecule has 0 bridgehead atoms. The molecule has 3 amide bonds. The van der Waals surface area contributed by atoms with Gasteiger partial charge < -0.3 is 35.1 Å². The first kappa shape index (κ1) is 24.7. The molecule has 0 aliphatic carbocycles. The number of primary amides is 1. The number of aliphatic hydroxyl groups is 2. The maximum Gasteiger partial charge on any atom is 0.267 e. The van der Waals surface area contributed by atoms with Gasteiger partial charge >= 0.3 is 0 Å². The average molecular weight is 508 g/mol. The molecule has 37 heavy (non-hydrogen) atoms. The van der Waals surface area contributed by atoms with Gasteiger partial charge in [-0.05, 0) is 48.9 Å². The first-order valence-electron chi connectivity index (χ1n) is 12.2. The number of carbonyl (C=O) groups is 3. The highest BCUT2D eigenvalue weighted by atomic mass is 16.5. The van der Waals surface area contributed by atoms with Gasteiger partial charge in [0, 0.05) is 36.7 Å². The van der Waals surface area contributed by atoms with E-state index in [-0.39, 0.29) is 37.1 Å². The minimum atomic E-state index is -1.61. The first-order valence-corrected chi connectivity index (χ1v) is 12.2. The molecule has 2 saturated heterocycles. The number of likely N-dealkylation sites (tertiary alicyclic amines) is 2. The Hall–Kier alpha value is -3.96. The van der Waals surface area contributed by atoms with Crippen LogP contribution in [0.15, 0.2) is 48.7 Å². The molecule has 194 valence electrons. The van der Waals surface area contributed by atoms with Crippen molar-refractivity contribution in [1.29, 1.82) is 0 Å². The van der Waals surface area contributed by atoms with Gasteiger partial charge in [0.15, 0.2) is 0 Å². The summed E-state index contributed by atoms with van der Waals surface area (Å²) in [7, 11) is 0. The van der Waals surface area contributed by atoms with Crippen LogP contribution in [0.2, 0.25) is 0 Å². The lowest BCUT2D eigenvalue weighted by atomic mass is 10.0. The topological polar surface area (TPSA) is 151 Å². The fourth-order valence-electron chi connectivity index (χ4n) is 4.90. The summed E-state index contributed by atoms with van der Waals surface area (Å²) in [6.07, 6.45) is 2.00. The zero-order valence-corrected chi connectivity index (χ0v) is 20.2. The van der Waals surface area contributed by atoms with E-state index in [1.54, 1.807) is 52.1 Å². The van der Waals surface area contributed by atoms with E-state index < -0.39 is 17.6 Å². The van der Waals surface area contributed by atoms with Crippen LogP contribution in [0, 0.1) is 0 Å². The van der Waals surface area contributed by atoms with Crippen LogP contribution in [0.25, 0.3) is 11.0 Å². The predicted molar refractivity (Wildman–Crippen MR) is 133 cm³/mol. The Kier molecular flexibility index (Phi) is 6.57. The Morgan fingerprint density at radius 1 is 1.16 bits per heavy atom. The van der Waals surface area contributed by atoms with Gasteiger partial charge in [-0.15, -0.1) is 0 Å². The molecule has 4 heterocycles. The Morgan fingerprint density at radius 2 is 1.95 bits per heavy atom. The molecule has 0 spiro atoms. The lowest BCUT2D eigenvalue weighted by Crippen LogP contribution is -2.45. The van der Waals surface area contributed by atoms with Crippen molar-refractivity contribution in [1.82, 2.24) is 19.4 Å². The monoisotopic (exact) mass is 507 g/mol. The van der Waals surface area contributed by atoms with Crippen molar-refractivity contribution in [3.63, 3.8) is 0 Å². The Morgan fingerprint density at radius 3 is 2.65 bits per heavy atom. The smallest absolute Gasteiger partial charge is 0.267 e. The maximum absolute atomic E-state index is 13.1. The molecule has 2 aliphatic heterocycles. The number of aliphatic hydroxyl groups excluding tert-OH is 1. The van der Waals surface area contributed by atoms with E-state index in [9.17, 15) is 24.6 Å². The molecular formula is C26H29N5O6. The maximum atomic E-state index is 13.1. The lowest BCUT2D eigenvalue weighted by molar-refractivity contribution is -0.128. The van der Waals surface area contributed by atoms with E-state index in [0.29, 0.717) is 36.5 Å². The van der Waals surface area contributed by atoms with Gasteiger partial charge in [-0.2, -0.15) is 0 Å². The fourth-order valence-corrected chi connectivity index (χ4v) is 4.90. The van der Waals surface area contributed by atoms with Crippen molar-refractivity contribution < 1.29 is 29.3 Å². The van der Waals surface area contributed by atoms with Crippen molar-refractivity contribution in [3.05, 3.63) is 59.9 Å². The summed E-state index contributed by atoms with van der Waals surface area (Å²) >= 11 is 0. The van der Waals surface area contributed by atoms with Crippen LogP contribution in [0.5, 0.6) is 5.75 Å². The SMILES string of the molecule is NC(=O)c1ccc2ccn(C[C@@]3(O)CN(C(=O)c4ccc(OCCN5CCCC5=O)cc4)C[C@@H]3O)c2n1. The highest BCUT2D eigenvalue weighted by Gasteiger charge is 2.46.